The number of pyridine rings is 1. The third-order valence-corrected chi connectivity index (χ3v) is 3.40. The van der Waals surface area contributed by atoms with E-state index in [1.165, 1.54) is 6.07 Å². The Morgan fingerprint density at radius 3 is 2.45 bits per heavy atom. The first-order valence-electron chi connectivity index (χ1n) is 5.84. The van der Waals surface area contributed by atoms with Gasteiger partial charge in [0.15, 0.2) is 0 Å². The maximum absolute atomic E-state index is 12.7. The molecule has 0 unspecified atom stereocenters. The van der Waals surface area contributed by atoms with E-state index in [2.05, 4.69) is 26.2 Å². The zero-order valence-corrected chi connectivity index (χ0v) is 12.4. The maximum atomic E-state index is 12.7. The average Bonchev–Trinajstić information content (AvgIpc) is 2.33. The highest BCUT2D eigenvalue weighted by molar-refractivity contribution is 9.10. The van der Waals surface area contributed by atoms with Gasteiger partial charge in [0.2, 0.25) is 0 Å². The van der Waals surface area contributed by atoms with Gasteiger partial charge in [-0.3, -0.25) is 0 Å². The Balaban J connectivity index is 2.38. The number of hydrogen-bond acceptors (Lipinski definition) is 2. The molecule has 1 aromatic carbocycles. The fourth-order valence-corrected chi connectivity index (χ4v) is 2.25. The van der Waals surface area contributed by atoms with Crippen molar-refractivity contribution in [1.29, 1.82) is 0 Å². The number of aryl methyl sites for hydroxylation is 2. The van der Waals surface area contributed by atoms with Gasteiger partial charge in [-0.2, -0.15) is 13.2 Å². The van der Waals surface area contributed by atoms with Gasteiger partial charge < -0.3 is 5.32 Å². The lowest BCUT2D eigenvalue weighted by Gasteiger charge is -2.14. The molecule has 0 radical (unpaired) electrons. The van der Waals surface area contributed by atoms with E-state index in [9.17, 15) is 13.2 Å². The van der Waals surface area contributed by atoms with Crippen molar-refractivity contribution in [2.75, 3.05) is 5.32 Å². The Kier molecular flexibility index (Phi) is 4.04. The van der Waals surface area contributed by atoms with Gasteiger partial charge in [0.25, 0.3) is 0 Å². The number of anilines is 2. The summed E-state index contributed by atoms with van der Waals surface area (Å²) in [4.78, 5) is 4.17. The second kappa shape index (κ2) is 5.44. The summed E-state index contributed by atoms with van der Waals surface area (Å²) < 4.78 is 38.9. The number of aromatic nitrogens is 1. The van der Waals surface area contributed by atoms with Crippen molar-refractivity contribution in [3.63, 3.8) is 0 Å². The molecule has 0 atom stereocenters. The van der Waals surface area contributed by atoms with Crippen LogP contribution in [0.5, 0.6) is 0 Å². The predicted octanol–water partition coefficient (Wildman–Crippen LogP) is 5.22. The Labute approximate surface area is 123 Å². The summed E-state index contributed by atoms with van der Waals surface area (Å²) in [5.41, 5.74) is 1.38. The molecule has 0 aliphatic heterocycles. The van der Waals surface area contributed by atoms with Gasteiger partial charge in [0.1, 0.15) is 5.82 Å². The summed E-state index contributed by atoms with van der Waals surface area (Å²) in [6.07, 6.45) is -2.71. The molecule has 106 valence electrons. The molecule has 1 heterocycles. The molecule has 0 fully saturated rings. The molecule has 1 N–H and O–H groups in total. The Bertz CT molecular complexity index is 639. The monoisotopic (exact) mass is 344 g/mol. The van der Waals surface area contributed by atoms with Crippen LogP contribution in [-0.2, 0) is 6.18 Å². The van der Waals surface area contributed by atoms with Gasteiger partial charge in [0.05, 0.1) is 10.0 Å². The van der Waals surface area contributed by atoms with E-state index in [1.54, 1.807) is 13.1 Å². The van der Waals surface area contributed by atoms with E-state index < -0.39 is 11.7 Å². The summed E-state index contributed by atoms with van der Waals surface area (Å²) >= 11 is 3.34. The molecule has 0 aliphatic carbocycles. The molecule has 0 saturated carbocycles. The molecule has 2 aromatic rings. The molecule has 2 nitrogen and oxygen atoms in total. The third-order valence-electron chi connectivity index (χ3n) is 2.80. The lowest BCUT2D eigenvalue weighted by atomic mass is 10.1. The van der Waals surface area contributed by atoms with Crippen LogP contribution in [-0.4, -0.2) is 4.98 Å². The fraction of sp³-hybridized carbons (Fsp3) is 0.214. The maximum Gasteiger partial charge on any atom is 0.416 e. The van der Waals surface area contributed by atoms with E-state index in [1.807, 2.05) is 13.0 Å². The van der Waals surface area contributed by atoms with Gasteiger partial charge in [-0.1, -0.05) is 6.07 Å². The highest BCUT2D eigenvalue weighted by Gasteiger charge is 2.30. The van der Waals surface area contributed by atoms with E-state index in [-0.39, 0.29) is 0 Å². The first kappa shape index (κ1) is 14.8. The normalized spacial score (nSPS) is 11.5. The van der Waals surface area contributed by atoms with Crippen molar-refractivity contribution in [3.05, 3.63) is 51.6 Å². The minimum absolute atomic E-state index is 0.386. The molecule has 0 bridgehead atoms. The molecular weight excluding hydrogens is 333 g/mol. The Morgan fingerprint density at radius 2 is 1.85 bits per heavy atom. The topological polar surface area (TPSA) is 24.9 Å². The average molecular weight is 345 g/mol. The van der Waals surface area contributed by atoms with E-state index in [4.69, 9.17) is 0 Å². The molecule has 0 saturated heterocycles. The molecular formula is C14H12BrF3N2. The molecule has 2 rings (SSSR count). The Hall–Kier alpha value is -1.56. The van der Waals surface area contributed by atoms with Crippen LogP contribution in [0.25, 0.3) is 0 Å². The number of rotatable bonds is 2. The molecule has 20 heavy (non-hydrogen) atoms. The van der Waals surface area contributed by atoms with E-state index in [0.717, 1.165) is 17.7 Å². The standard InChI is InChI=1S/C14H12BrF3N2/c1-8-5-11(15)13(19-7-8)20-12-6-10(14(16,17)18)4-3-9(12)2/h3-7H,1-2H3,(H,19,20). The number of nitrogens with zero attached hydrogens (tertiary/aromatic N) is 1. The molecule has 0 spiro atoms. The molecule has 0 aliphatic rings. The largest absolute Gasteiger partial charge is 0.416 e. The quantitative estimate of drug-likeness (QED) is 0.807. The third kappa shape index (κ3) is 3.30. The summed E-state index contributed by atoms with van der Waals surface area (Å²) in [7, 11) is 0. The SMILES string of the molecule is Cc1cnc(Nc2cc(C(F)(F)F)ccc2C)c(Br)c1. The number of hydrogen-bond donors (Lipinski definition) is 1. The van der Waals surface area contributed by atoms with E-state index >= 15 is 0 Å². The highest BCUT2D eigenvalue weighted by Crippen LogP contribution is 2.33. The van der Waals surface area contributed by atoms with Crippen molar-refractivity contribution in [2.24, 2.45) is 0 Å². The summed E-state index contributed by atoms with van der Waals surface area (Å²) in [5.74, 6) is 0.484. The minimum atomic E-state index is -4.36. The highest BCUT2D eigenvalue weighted by atomic mass is 79.9. The van der Waals surface area contributed by atoms with Crippen LogP contribution in [0.3, 0.4) is 0 Å². The van der Waals surface area contributed by atoms with Gasteiger partial charge in [0, 0.05) is 11.9 Å². The second-order valence-corrected chi connectivity index (χ2v) is 5.35. The Morgan fingerprint density at radius 1 is 1.15 bits per heavy atom. The van der Waals surface area contributed by atoms with Crippen LogP contribution in [0.4, 0.5) is 24.7 Å². The summed E-state index contributed by atoms with van der Waals surface area (Å²) in [5, 5.41) is 2.92. The van der Waals surface area contributed by atoms with E-state index in [0.29, 0.717) is 21.5 Å². The van der Waals surface area contributed by atoms with Crippen molar-refractivity contribution >= 4 is 27.4 Å². The van der Waals surface area contributed by atoms with Crippen LogP contribution < -0.4 is 5.32 Å². The van der Waals surface area contributed by atoms with Crippen molar-refractivity contribution in [2.45, 2.75) is 20.0 Å². The van der Waals surface area contributed by atoms with Crippen LogP contribution in [0.1, 0.15) is 16.7 Å². The molecule has 6 heteroatoms. The smallest absolute Gasteiger partial charge is 0.339 e. The van der Waals surface area contributed by atoms with Gasteiger partial charge in [-0.15, -0.1) is 0 Å². The zero-order valence-electron chi connectivity index (χ0n) is 10.8. The predicted molar refractivity (Wildman–Crippen MR) is 76.1 cm³/mol. The lowest BCUT2D eigenvalue weighted by molar-refractivity contribution is -0.137. The van der Waals surface area contributed by atoms with Crippen molar-refractivity contribution < 1.29 is 13.2 Å². The zero-order chi connectivity index (χ0) is 14.9. The molecule has 0 amide bonds. The van der Waals surface area contributed by atoms with Crippen molar-refractivity contribution in [3.8, 4) is 0 Å². The van der Waals surface area contributed by atoms with Gasteiger partial charge in [-0.25, -0.2) is 4.98 Å². The second-order valence-electron chi connectivity index (χ2n) is 4.50. The number of alkyl halides is 3. The first-order valence-corrected chi connectivity index (χ1v) is 6.63. The first-order chi connectivity index (χ1) is 9.27. The summed E-state index contributed by atoms with van der Waals surface area (Å²) in [6, 6.07) is 5.44. The van der Waals surface area contributed by atoms with Crippen LogP contribution >= 0.6 is 15.9 Å². The number of benzene rings is 1. The number of nitrogens with one attached hydrogen (secondary N) is 1. The number of halogens is 4. The van der Waals surface area contributed by atoms with Gasteiger partial charge in [-0.05, 0) is 59.1 Å². The fourth-order valence-electron chi connectivity index (χ4n) is 1.69. The molecule has 1 aromatic heterocycles. The van der Waals surface area contributed by atoms with Crippen LogP contribution in [0.2, 0.25) is 0 Å². The van der Waals surface area contributed by atoms with Gasteiger partial charge >= 0.3 is 6.18 Å². The van der Waals surface area contributed by atoms with Crippen LogP contribution in [0.15, 0.2) is 34.9 Å². The summed E-state index contributed by atoms with van der Waals surface area (Å²) in [6.45, 7) is 3.63. The minimum Gasteiger partial charge on any atom is -0.339 e. The lowest BCUT2D eigenvalue weighted by Crippen LogP contribution is -2.06. The van der Waals surface area contributed by atoms with Crippen LogP contribution in [0, 0.1) is 13.8 Å². The van der Waals surface area contributed by atoms with Crippen molar-refractivity contribution in [1.82, 2.24) is 4.98 Å².